The Morgan fingerprint density at radius 2 is 1.67 bits per heavy atom. The van der Waals surface area contributed by atoms with Crippen molar-refractivity contribution >= 4 is 28.5 Å². The minimum absolute atomic E-state index is 0.204. The second-order valence-electron chi connectivity index (χ2n) is 6.33. The molecule has 0 bridgehead atoms. The molecule has 0 radical (unpaired) electrons. The molecule has 0 fully saturated rings. The fourth-order valence-electron chi connectivity index (χ4n) is 2.74. The number of nitrogens with one attached hydrogen (secondary N) is 1. The minimum atomic E-state index is -0.586. The number of rotatable bonds is 5. The number of halogens is 2. The molecule has 0 aliphatic carbocycles. The smallest absolute Gasteiger partial charge is 0.338 e. The summed E-state index contributed by atoms with van der Waals surface area (Å²) >= 11 is 5.94. The Hall–Kier alpha value is -3.71. The largest absolute Gasteiger partial charge is 0.457 e. The lowest BCUT2D eigenvalue weighted by Crippen LogP contribution is -2.14. The molecule has 1 heterocycles. The first-order valence-corrected chi connectivity index (χ1v) is 9.25. The van der Waals surface area contributed by atoms with Gasteiger partial charge in [0.1, 0.15) is 29.7 Å². The van der Waals surface area contributed by atoms with E-state index in [-0.39, 0.29) is 23.8 Å². The maximum Gasteiger partial charge on any atom is 0.338 e. The van der Waals surface area contributed by atoms with E-state index in [1.165, 1.54) is 36.4 Å². The summed E-state index contributed by atoms with van der Waals surface area (Å²) in [4.78, 5) is 31.2. The van der Waals surface area contributed by atoms with Crippen LogP contribution in [-0.2, 0) is 11.3 Å². The van der Waals surface area contributed by atoms with Crippen molar-refractivity contribution in [3.63, 3.8) is 0 Å². The van der Waals surface area contributed by atoms with Gasteiger partial charge in [-0.2, -0.15) is 0 Å². The molecule has 0 aliphatic rings. The van der Waals surface area contributed by atoms with Gasteiger partial charge in [-0.25, -0.2) is 14.2 Å². The second kappa shape index (κ2) is 8.34. The minimum Gasteiger partial charge on any atom is -0.457 e. The summed E-state index contributed by atoms with van der Waals surface area (Å²) < 4.78 is 23.8. The molecule has 4 rings (SSSR count). The lowest BCUT2D eigenvalue weighted by atomic mass is 10.2. The van der Waals surface area contributed by atoms with Gasteiger partial charge in [0.15, 0.2) is 0 Å². The maximum absolute atomic E-state index is 12.9. The number of aromatic amines is 1. The number of ether oxygens (including phenoxy) is 2. The Morgan fingerprint density at radius 1 is 1.00 bits per heavy atom. The molecule has 0 unspecified atom stereocenters. The van der Waals surface area contributed by atoms with Crippen LogP contribution in [0.1, 0.15) is 16.2 Å². The third kappa shape index (κ3) is 4.47. The molecule has 1 N–H and O–H groups in total. The highest BCUT2D eigenvalue weighted by atomic mass is 35.5. The molecular weight excluding hydrogens is 411 g/mol. The summed E-state index contributed by atoms with van der Waals surface area (Å²) in [6.07, 6.45) is 0. The van der Waals surface area contributed by atoms with Gasteiger partial charge in [0.05, 0.1) is 16.5 Å². The predicted molar refractivity (Wildman–Crippen MR) is 109 cm³/mol. The molecule has 0 spiro atoms. The van der Waals surface area contributed by atoms with Crippen LogP contribution in [0.15, 0.2) is 71.5 Å². The molecule has 0 aliphatic heterocycles. The van der Waals surface area contributed by atoms with Gasteiger partial charge in [0, 0.05) is 5.02 Å². The monoisotopic (exact) mass is 424 g/mol. The number of nitrogens with zero attached hydrogens (tertiary/aromatic N) is 1. The first-order valence-electron chi connectivity index (χ1n) is 8.87. The van der Waals surface area contributed by atoms with Crippen LogP contribution in [0, 0.1) is 5.82 Å². The lowest BCUT2D eigenvalue weighted by Gasteiger charge is -2.08. The number of fused-ring (bicyclic) bond motifs is 1. The standard InChI is InChI=1S/C22H14ClFN2O4/c23-14-3-10-18-19(11-14)25-20(26-21(18)27)12-29-22(28)13-1-6-16(7-2-13)30-17-8-4-15(24)5-9-17/h1-11H,12H2,(H,25,26,27). The lowest BCUT2D eigenvalue weighted by molar-refractivity contribution is 0.0462. The van der Waals surface area contributed by atoms with Gasteiger partial charge in [-0.3, -0.25) is 4.79 Å². The van der Waals surface area contributed by atoms with E-state index >= 15 is 0 Å². The number of carbonyl (C=O) groups is 1. The van der Waals surface area contributed by atoms with Crippen molar-refractivity contribution < 1.29 is 18.7 Å². The average Bonchev–Trinajstić information content (AvgIpc) is 2.74. The van der Waals surface area contributed by atoms with Crippen LogP contribution in [0.3, 0.4) is 0 Å². The van der Waals surface area contributed by atoms with Crippen LogP contribution in [0.4, 0.5) is 4.39 Å². The molecule has 4 aromatic rings. The zero-order valence-corrected chi connectivity index (χ0v) is 16.2. The molecule has 1 aromatic heterocycles. The van der Waals surface area contributed by atoms with Crippen molar-refractivity contribution in [3.8, 4) is 11.5 Å². The van der Waals surface area contributed by atoms with Gasteiger partial charge in [-0.15, -0.1) is 0 Å². The summed E-state index contributed by atoms with van der Waals surface area (Å²) in [5.74, 6) is 0.219. The molecular formula is C22H14ClFN2O4. The molecule has 3 aromatic carbocycles. The first kappa shape index (κ1) is 19.6. The van der Waals surface area contributed by atoms with E-state index in [4.69, 9.17) is 21.1 Å². The summed E-state index contributed by atoms with van der Waals surface area (Å²) in [7, 11) is 0. The van der Waals surface area contributed by atoms with E-state index in [1.54, 1.807) is 30.3 Å². The van der Waals surface area contributed by atoms with E-state index in [9.17, 15) is 14.0 Å². The number of hydrogen-bond acceptors (Lipinski definition) is 5. The molecule has 6 nitrogen and oxygen atoms in total. The van der Waals surface area contributed by atoms with Crippen LogP contribution in [0.2, 0.25) is 5.02 Å². The maximum atomic E-state index is 12.9. The van der Waals surface area contributed by atoms with E-state index in [0.717, 1.165) is 0 Å². The third-order valence-corrected chi connectivity index (χ3v) is 4.43. The van der Waals surface area contributed by atoms with Gasteiger partial charge in [0.2, 0.25) is 0 Å². The highest BCUT2D eigenvalue weighted by Crippen LogP contribution is 2.22. The summed E-state index contributed by atoms with van der Waals surface area (Å²) in [6.45, 7) is -0.204. The highest BCUT2D eigenvalue weighted by Gasteiger charge is 2.10. The van der Waals surface area contributed by atoms with Crippen molar-refractivity contribution in [2.24, 2.45) is 0 Å². The SMILES string of the molecule is O=C(OCc1nc2cc(Cl)ccc2c(=O)[nH]1)c1ccc(Oc2ccc(F)cc2)cc1. The van der Waals surface area contributed by atoms with E-state index in [2.05, 4.69) is 9.97 Å². The quantitative estimate of drug-likeness (QED) is 0.462. The number of esters is 1. The average molecular weight is 425 g/mol. The van der Waals surface area contributed by atoms with E-state index in [1.807, 2.05) is 0 Å². The van der Waals surface area contributed by atoms with Crippen molar-refractivity contribution in [2.75, 3.05) is 0 Å². The van der Waals surface area contributed by atoms with Crippen molar-refractivity contribution in [2.45, 2.75) is 6.61 Å². The van der Waals surface area contributed by atoms with Crippen molar-refractivity contribution in [1.29, 1.82) is 0 Å². The highest BCUT2D eigenvalue weighted by molar-refractivity contribution is 6.31. The molecule has 8 heteroatoms. The molecule has 150 valence electrons. The number of benzene rings is 3. The number of H-pyrrole nitrogens is 1. The molecule has 0 saturated heterocycles. The molecule has 0 amide bonds. The van der Waals surface area contributed by atoms with Gasteiger partial charge in [-0.05, 0) is 66.7 Å². The Kier molecular flexibility index (Phi) is 5.45. The number of carbonyl (C=O) groups excluding carboxylic acids is 1. The van der Waals surface area contributed by atoms with Crippen LogP contribution >= 0.6 is 11.6 Å². The Labute approximate surface area is 174 Å². The van der Waals surface area contributed by atoms with Crippen molar-refractivity contribution in [3.05, 3.63) is 99.3 Å². The fourth-order valence-corrected chi connectivity index (χ4v) is 2.91. The zero-order chi connectivity index (χ0) is 21.1. The Morgan fingerprint density at radius 3 is 2.37 bits per heavy atom. The molecule has 0 saturated carbocycles. The van der Waals surface area contributed by atoms with Gasteiger partial charge in [0.25, 0.3) is 5.56 Å². The van der Waals surface area contributed by atoms with Gasteiger partial charge < -0.3 is 14.5 Å². The Bertz CT molecular complexity index is 1270. The van der Waals surface area contributed by atoms with Crippen LogP contribution in [0.25, 0.3) is 10.9 Å². The molecule has 30 heavy (non-hydrogen) atoms. The van der Waals surface area contributed by atoms with Gasteiger partial charge in [-0.1, -0.05) is 11.6 Å². The van der Waals surface area contributed by atoms with Crippen molar-refractivity contribution in [1.82, 2.24) is 9.97 Å². The fraction of sp³-hybridized carbons (Fsp3) is 0.0455. The summed E-state index contributed by atoms with van der Waals surface area (Å²) in [5.41, 5.74) is 0.372. The predicted octanol–water partition coefficient (Wildman–Crippen LogP) is 4.86. The molecule has 0 atom stereocenters. The van der Waals surface area contributed by atoms with E-state index in [0.29, 0.717) is 33.0 Å². The topological polar surface area (TPSA) is 81.3 Å². The third-order valence-electron chi connectivity index (χ3n) is 4.20. The normalized spacial score (nSPS) is 10.7. The zero-order valence-electron chi connectivity index (χ0n) is 15.4. The number of hydrogen-bond donors (Lipinski definition) is 1. The van der Waals surface area contributed by atoms with Crippen LogP contribution in [0.5, 0.6) is 11.5 Å². The number of aromatic nitrogens is 2. The first-order chi connectivity index (χ1) is 14.5. The van der Waals surface area contributed by atoms with E-state index < -0.39 is 5.97 Å². The van der Waals surface area contributed by atoms with Gasteiger partial charge >= 0.3 is 5.97 Å². The summed E-state index contributed by atoms with van der Waals surface area (Å²) in [5, 5.41) is 0.845. The second-order valence-corrected chi connectivity index (χ2v) is 6.77. The van der Waals surface area contributed by atoms with Crippen LogP contribution < -0.4 is 10.3 Å². The summed E-state index contributed by atoms with van der Waals surface area (Å²) in [6, 6.07) is 16.6. The Balaban J connectivity index is 1.42. The van der Waals surface area contributed by atoms with Crippen LogP contribution in [-0.4, -0.2) is 15.9 Å².